The van der Waals surface area contributed by atoms with Crippen molar-refractivity contribution in [2.45, 2.75) is 38.6 Å². The largest absolute Gasteiger partial charge is 0.493 e. The van der Waals surface area contributed by atoms with Crippen molar-refractivity contribution in [3.05, 3.63) is 23.8 Å². The first-order chi connectivity index (χ1) is 11.9. The van der Waals surface area contributed by atoms with E-state index in [2.05, 4.69) is 5.32 Å². The first-order valence-corrected chi connectivity index (χ1v) is 8.24. The van der Waals surface area contributed by atoms with Crippen LogP contribution in [0.2, 0.25) is 0 Å². The number of benzene rings is 1. The van der Waals surface area contributed by atoms with E-state index in [1.807, 2.05) is 0 Å². The van der Waals surface area contributed by atoms with Gasteiger partial charge in [-0.05, 0) is 44.4 Å². The van der Waals surface area contributed by atoms with E-state index in [1.54, 1.807) is 18.2 Å². The molecule has 1 aliphatic rings. The van der Waals surface area contributed by atoms with Crippen LogP contribution >= 0.6 is 0 Å². The molecule has 2 rings (SSSR count). The molecule has 0 atom stereocenters. The monoisotopic (exact) mass is 349 g/mol. The van der Waals surface area contributed by atoms with Crippen molar-refractivity contribution in [3.8, 4) is 11.5 Å². The minimum atomic E-state index is -0.802. The molecule has 0 unspecified atom stereocenters. The third kappa shape index (κ3) is 5.20. The number of methoxy groups -OCH3 is 1. The van der Waals surface area contributed by atoms with Crippen LogP contribution in [0.15, 0.2) is 18.2 Å². The van der Waals surface area contributed by atoms with Crippen molar-refractivity contribution in [3.63, 3.8) is 0 Å². The number of nitrogens with one attached hydrogen (secondary N) is 1. The van der Waals surface area contributed by atoms with E-state index in [4.69, 9.17) is 14.6 Å². The lowest BCUT2D eigenvalue weighted by molar-refractivity contribution is -0.146. The molecule has 1 fully saturated rings. The Kier molecular flexibility index (Phi) is 6.38. The zero-order valence-corrected chi connectivity index (χ0v) is 14.4. The highest BCUT2D eigenvalue weighted by atomic mass is 16.5. The lowest BCUT2D eigenvalue weighted by atomic mass is 9.80. The number of hydrogen-bond acceptors (Lipinski definition) is 5. The summed E-state index contributed by atoms with van der Waals surface area (Å²) in [6, 6.07) is 4.94. The second-order valence-corrected chi connectivity index (χ2v) is 6.14. The van der Waals surface area contributed by atoms with Crippen LogP contribution in [-0.4, -0.2) is 42.5 Å². The maximum Gasteiger partial charge on any atom is 0.306 e. The van der Waals surface area contributed by atoms with E-state index in [0.717, 1.165) is 0 Å². The van der Waals surface area contributed by atoms with E-state index >= 15 is 0 Å². The number of Topliss-reactive ketones (excluding diaryl/α,β-unsaturated/α-hetero) is 1. The van der Waals surface area contributed by atoms with Crippen LogP contribution in [0.3, 0.4) is 0 Å². The Bertz CT molecular complexity index is 651. The highest BCUT2D eigenvalue weighted by molar-refractivity contribution is 5.94. The summed E-state index contributed by atoms with van der Waals surface area (Å²) in [6.07, 6.45) is 1.83. The summed E-state index contributed by atoms with van der Waals surface area (Å²) >= 11 is 0. The van der Waals surface area contributed by atoms with Crippen LogP contribution in [0, 0.1) is 5.92 Å². The second-order valence-electron chi connectivity index (χ2n) is 6.14. The second kappa shape index (κ2) is 8.50. The number of amides is 1. The summed E-state index contributed by atoms with van der Waals surface area (Å²) in [7, 11) is 1.50. The van der Waals surface area contributed by atoms with Crippen LogP contribution in [0.5, 0.6) is 11.5 Å². The summed E-state index contributed by atoms with van der Waals surface area (Å²) in [6.45, 7) is 1.82. The number of ether oxygens (including phenoxy) is 2. The van der Waals surface area contributed by atoms with E-state index < -0.39 is 5.97 Å². The first kappa shape index (κ1) is 18.8. The average molecular weight is 349 g/mol. The molecule has 2 N–H and O–H groups in total. The molecule has 1 aromatic rings. The molecular formula is C18H23NO6. The average Bonchev–Trinajstić information content (AvgIpc) is 2.54. The van der Waals surface area contributed by atoms with Gasteiger partial charge in [-0.25, -0.2) is 0 Å². The zero-order valence-electron chi connectivity index (χ0n) is 14.4. The Morgan fingerprint density at radius 3 is 2.56 bits per heavy atom. The third-order valence-corrected chi connectivity index (χ3v) is 4.23. The van der Waals surface area contributed by atoms with Gasteiger partial charge in [0.2, 0.25) is 5.91 Å². The van der Waals surface area contributed by atoms with Gasteiger partial charge in [-0.3, -0.25) is 14.4 Å². The Morgan fingerprint density at radius 2 is 1.96 bits per heavy atom. The van der Waals surface area contributed by atoms with Gasteiger partial charge in [-0.2, -0.15) is 0 Å². The fourth-order valence-corrected chi connectivity index (χ4v) is 2.66. The molecule has 0 aromatic heterocycles. The fraction of sp³-hybridized carbons (Fsp3) is 0.500. The quantitative estimate of drug-likeness (QED) is 0.522. The molecule has 0 bridgehead atoms. The number of rotatable bonds is 9. The minimum absolute atomic E-state index is 0.0336. The van der Waals surface area contributed by atoms with Gasteiger partial charge in [-0.15, -0.1) is 0 Å². The molecule has 7 heteroatoms. The molecule has 0 radical (unpaired) electrons. The van der Waals surface area contributed by atoms with Crippen molar-refractivity contribution < 1.29 is 29.0 Å². The van der Waals surface area contributed by atoms with Crippen LogP contribution in [0.25, 0.3) is 0 Å². The Labute approximate surface area is 146 Å². The van der Waals surface area contributed by atoms with Gasteiger partial charge in [0.1, 0.15) is 0 Å². The Hall–Kier alpha value is -2.57. The van der Waals surface area contributed by atoms with Gasteiger partial charge in [0.25, 0.3) is 0 Å². The molecule has 1 amide bonds. The Balaban J connectivity index is 1.70. The molecule has 1 aromatic carbocycles. The number of ketones is 1. The minimum Gasteiger partial charge on any atom is -0.493 e. The normalized spacial score (nSPS) is 18.8. The number of hydrogen-bond donors (Lipinski definition) is 2. The number of aliphatic carboxylic acids is 1. The number of carboxylic acids is 1. The SMILES string of the molecule is COc1cc(C(C)=O)ccc1OCCCC(=O)NC1CC(C(=O)O)C1. The van der Waals surface area contributed by atoms with Crippen molar-refractivity contribution in [2.24, 2.45) is 5.92 Å². The molecule has 0 saturated heterocycles. The van der Waals surface area contributed by atoms with Crippen LogP contribution in [0.1, 0.15) is 43.0 Å². The lowest BCUT2D eigenvalue weighted by Crippen LogP contribution is -2.46. The molecule has 1 saturated carbocycles. The molecule has 0 spiro atoms. The highest BCUT2D eigenvalue weighted by Gasteiger charge is 2.35. The lowest BCUT2D eigenvalue weighted by Gasteiger charge is -2.32. The Morgan fingerprint density at radius 1 is 1.24 bits per heavy atom. The van der Waals surface area contributed by atoms with Gasteiger partial charge in [0, 0.05) is 18.0 Å². The highest BCUT2D eigenvalue weighted by Crippen LogP contribution is 2.29. The van der Waals surface area contributed by atoms with Crippen LogP contribution < -0.4 is 14.8 Å². The van der Waals surface area contributed by atoms with Gasteiger partial charge in [0.05, 0.1) is 19.6 Å². The van der Waals surface area contributed by atoms with Gasteiger partial charge >= 0.3 is 5.97 Å². The number of carbonyl (C=O) groups is 3. The van der Waals surface area contributed by atoms with E-state index in [0.29, 0.717) is 49.4 Å². The van der Waals surface area contributed by atoms with Gasteiger partial charge < -0.3 is 19.9 Å². The predicted molar refractivity (Wildman–Crippen MR) is 90.0 cm³/mol. The smallest absolute Gasteiger partial charge is 0.306 e. The summed E-state index contributed by atoms with van der Waals surface area (Å²) in [4.78, 5) is 33.9. The van der Waals surface area contributed by atoms with Crippen molar-refractivity contribution in [2.75, 3.05) is 13.7 Å². The third-order valence-electron chi connectivity index (χ3n) is 4.23. The summed E-state index contributed by atoms with van der Waals surface area (Å²) in [5, 5.41) is 11.6. The van der Waals surface area contributed by atoms with Crippen molar-refractivity contribution in [1.82, 2.24) is 5.32 Å². The molecule has 136 valence electrons. The van der Waals surface area contributed by atoms with Crippen molar-refractivity contribution in [1.29, 1.82) is 0 Å². The van der Waals surface area contributed by atoms with Gasteiger partial charge in [-0.1, -0.05) is 0 Å². The fourth-order valence-electron chi connectivity index (χ4n) is 2.66. The van der Waals surface area contributed by atoms with E-state index in [-0.39, 0.29) is 23.7 Å². The zero-order chi connectivity index (χ0) is 18.4. The summed E-state index contributed by atoms with van der Waals surface area (Å²) < 4.78 is 10.8. The first-order valence-electron chi connectivity index (χ1n) is 8.24. The topological polar surface area (TPSA) is 102 Å². The van der Waals surface area contributed by atoms with E-state index in [1.165, 1.54) is 14.0 Å². The standard InChI is InChI=1S/C18H23NO6/c1-11(20)12-5-6-15(16(10-12)24-2)25-7-3-4-17(21)19-14-8-13(9-14)18(22)23/h5-6,10,13-14H,3-4,7-9H2,1-2H3,(H,19,21)(H,22,23). The number of carbonyl (C=O) groups excluding carboxylic acids is 2. The molecule has 1 aliphatic carbocycles. The molecule has 25 heavy (non-hydrogen) atoms. The summed E-state index contributed by atoms with van der Waals surface area (Å²) in [5.41, 5.74) is 0.545. The van der Waals surface area contributed by atoms with Crippen LogP contribution in [0.4, 0.5) is 0 Å². The molecule has 0 heterocycles. The maximum absolute atomic E-state index is 11.8. The molecule has 0 aliphatic heterocycles. The van der Waals surface area contributed by atoms with Crippen LogP contribution in [-0.2, 0) is 9.59 Å². The van der Waals surface area contributed by atoms with E-state index in [9.17, 15) is 14.4 Å². The maximum atomic E-state index is 11.8. The molecular weight excluding hydrogens is 326 g/mol. The predicted octanol–water partition coefficient (Wildman–Crippen LogP) is 2.04. The summed E-state index contributed by atoms with van der Waals surface area (Å²) in [5.74, 6) is -0.288. The van der Waals surface area contributed by atoms with Gasteiger partial charge in [0.15, 0.2) is 17.3 Å². The number of carboxylic acid groups (broad SMARTS) is 1. The molecule has 7 nitrogen and oxygen atoms in total. The van der Waals surface area contributed by atoms with Crippen molar-refractivity contribution >= 4 is 17.7 Å².